The highest BCUT2D eigenvalue weighted by Gasteiger charge is 2.42. The molecule has 0 radical (unpaired) electrons. The highest BCUT2D eigenvalue weighted by molar-refractivity contribution is 7.80. The first-order valence-corrected chi connectivity index (χ1v) is 12.7. The molecule has 1 saturated heterocycles. The minimum atomic E-state index is -0.214. The van der Waals surface area contributed by atoms with Gasteiger partial charge in [-0.05, 0) is 98.4 Å². The van der Waals surface area contributed by atoms with Crippen LogP contribution in [0.3, 0.4) is 0 Å². The minimum Gasteiger partial charge on any atom is -0.508 e. The number of nitrogens with zero attached hydrogens (tertiary/aromatic N) is 3. The van der Waals surface area contributed by atoms with Crippen LogP contribution >= 0.6 is 12.2 Å². The van der Waals surface area contributed by atoms with Crippen molar-refractivity contribution in [3.05, 3.63) is 102 Å². The molecular weight excluding hydrogens is 498 g/mol. The Morgan fingerprint density at radius 3 is 2.45 bits per heavy atom. The second-order valence-electron chi connectivity index (χ2n) is 9.20. The Hall–Kier alpha value is -4.21. The summed E-state index contributed by atoms with van der Waals surface area (Å²) in [7, 11) is 1.49. The number of aromatic hydroxyl groups is 1. The zero-order chi connectivity index (χ0) is 26.8. The standard InChI is InChI=1S/C29H29N5O3S/c1-18-16-24(19(2)33(18)21-11-13-23(35)14-12-21)28-27(25-6-4-5-15-30-25)32-29(38)34(28)22-9-7-20(8-10-22)31-26(36)17-37-3/h4-16,27-28,35H,17H2,1-3H3,(H,31,36)(H,32,38)/t27-,28+/m1/s1. The molecule has 4 aromatic rings. The Balaban J connectivity index is 1.57. The Morgan fingerprint density at radius 1 is 1.08 bits per heavy atom. The largest absolute Gasteiger partial charge is 0.508 e. The molecule has 0 unspecified atom stereocenters. The number of methoxy groups -OCH3 is 1. The van der Waals surface area contributed by atoms with Gasteiger partial charge in [-0.25, -0.2) is 0 Å². The lowest BCUT2D eigenvalue weighted by atomic mass is 9.96. The van der Waals surface area contributed by atoms with Crippen molar-refractivity contribution < 1.29 is 14.6 Å². The van der Waals surface area contributed by atoms with Crippen LogP contribution in [0.1, 0.15) is 34.7 Å². The zero-order valence-electron chi connectivity index (χ0n) is 21.4. The van der Waals surface area contributed by atoms with Gasteiger partial charge in [0.15, 0.2) is 5.11 Å². The summed E-state index contributed by atoms with van der Waals surface area (Å²) in [6, 6.07) is 22.5. The molecule has 2 aromatic heterocycles. The lowest BCUT2D eigenvalue weighted by Crippen LogP contribution is -2.29. The van der Waals surface area contributed by atoms with Gasteiger partial charge in [0.1, 0.15) is 12.4 Å². The first-order chi connectivity index (χ1) is 18.4. The quantitative estimate of drug-likeness (QED) is 0.293. The number of aryl methyl sites for hydroxylation is 1. The number of carbonyl (C=O) groups is 1. The molecular formula is C29H29N5O3S. The van der Waals surface area contributed by atoms with Crippen LogP contribution in [0.2, 0.25) is 0 Å². The Morgan fingerprint density at radius 2 is 1.79 bits per heavy atom. The van der Waals surface area contributed by atoms with Gasteiger partial charge < -0.3 is 29.9 Å². The third kappa shape index (κ3) is 4.85. The molecule has 2 aromatic carbocycles. The summed E-state index contributed by atoms with van der Waals surface area (Å²) in [6.45, 7) is 4.16. The van der Waals surface area contributed by atoms with Crippen LogP contribution in [-0.4, -0.2) is 39.4 Å². The number of hydrogen-bond donors (Lipinski definition) is 3. The molecule has 8 nitrogen and oxygen atoms in total. The number of nitrogens with one attached hydrogen (secondary N) is 2. The number of benzene rings is 2. The molecule has 1 fully saturated rings. The first kappa shape index (κ1) is 25.4. The van der Waals surface area contributed by atoms with E-state index in [-0.39, 0.29) is 30.3 Å². The van der Waals surface area contributed by atoms with Crippen LogP contribution in [0, 0.1) is 13.8 Å². The Labute approximate surface area is 226 Å². The third-order valence-electron chi connectivity index (χ3n) is 6.70. The van der Waals surface area contributed by atoms with Gasteiger partial charge in [0.2, 0.25) is 5.91 Å². The van der Waals surface area contributed by atoms with Gasteiger partial charge in [-0.1, -0.05) is 6.07 Å². The van der Waals surface area contributed by atoms with Gasteiger partial charge >= 0.3 is 0 Å². The van der Waals surface area contributed by atoms with E-state index in [9.17, 15) is 9.90 Å². The lowest BCUT2D eigenvalue weighted by molar-refractivity contribution is -0.119. The maximum absolute atomic E-state index is 11.9. The molecule has 1 aliphatic heterocycles. The predicted molar refractivity (Wildman–Crippen MR) is 152 cm³/mol. The average Bonchev–Trinajstić information content (AvgIpc) is 3.41. The van der Waals surface area contributed by atoms with E-state index in [1.165, 1.54) is 7.11 Å². The number of thiocarbonyl (C=S) groups is 1. The van der Waals surface area contributed by atoms with Crippen molar-refractivity contribution in [2.45, 2.75) is 25.9 Å². The van der Waals surface area contributed by atoms with Crippen molar-refractivity contribution in [3.8, 4) is 11.4 Å². The van der Waals surface area contributed by atoms with E-state index in [2.05, 4.69) is 45.0 Å². The number of amides is 1. The average molecular weight is 528 g/mol. The summed E-state index contributed by atoms with van der Waals surface area (Å²) < 4.78 is 7.09. The zero-order valence-corrected chi connectivity index (χ0v) is 22.2. The molecule has 9 heteroatoms. The van der Waals surface area contributed by atoms with Crippen LogP contribution in [0.4, 0.5) is 11.4 Å². The highest BCUT2D eigenvalue weighted by atomic mass is 32.1. The van der Waals surface area contributed by atoms with Crippen molar-refractivity contribution in [1.82, 2.24) is 14.9 Å². The summed E-state index contributed by atoms with van der Waals surface area (Å²) in [5, 5.41) is 16.7. The number of phenols is 1. The normalized spacial score (nSPS) is 16.9. The van der Waals surface area contributed by atoms with Crippen molar-refractivity contribution in [3.63, 3.8) is 0 Å². The maximum atomic E-state index is 11.9. The Bertz CT molecular complexity index is 1450. The van der Waals surface area contributed by atoms with Crippen molar-refractivity contribution in [2.75, 3.05) is 23.9 Å². The van der Waals surface area contributed by atoms with E-state index < -0.39 is 0 Å². The molecule has 38 heavy (non-hydrogen) atoms. The molecule has 3 N–H and O–H groups in total. The maximum Gasteiger partial charge on any atom is 0.250 e. The van der Waals surface area contributed by atoms with Crippen LogP contribution in [0.5, 0.6) is 5.75 Å². The summed E-state index contributed by atoms with van der Waals surface area (Å²) in [5.41, 5.74) is 6.67. The van der Waals surface area contributed by atoms with Gasteiger partial charge in [0.25, 0.3) is 0 Å². The van der Waals surface area contributed by atoms with Crippen molar-refractivity contribution in [1.29, 1.82) is 0 Å². The first-order valence-electron chi connectivity index (χ1n) is 12.2. The number of anilines is 2. The topological polar surface area (TPSA) is 91.7 Å². The minimum absolute atomic E-state index is 0.00758. The number of phenolic OH excluding ortho intramolecular Hbond substituents is 1. The van der Waals surface area contributed by atoms with Gasteiger partial charge in [0.05, 0.1) is 17.8 Å². The number of ether oxygens (including phenoxy) is 1. The number of pyridine rings is 1. The van der Waals surface area contributed by atoms with Gasteiger partial charge in [-0.3, -0.25) is 9.78 Å². The van der Waals surface area contributed by atoms with Crippen molar-refractivity contribution >= 4 is 34.6 Å². The second kappa shape index (κ2) is 10.6. The predicted octanol–water partition coefficient (Wildman–Crippen LogP) is 4.96. The van der Waals surface area contributed by atoms with Crippen LogP contribution in [-0.2, 0) is 9.53 Å². The smallest absolute Gasteiger partial charge is 0.250 e. The van der Waals surface area contributed by atoms with Crippen LogP contribution < -0.4 is 15.5 Å². The molecule has 0 bridgehead atoms. The summed E-state index contributed by atoms with van der Waals surface area (Å²) in [6.07, 6.45) is 1.79. The third-order valence-corrected chi connectivity index (χ3v) is 7.01. The van der Waals surface area contributed by atoms with Gasteiger partial charge in [-0.2, -0.15) is 0 Å². The number of aromatic nitrogens is 2. The van der Waals surface area contributed by atoms with Crippen molar-refractivity contribution in [2.24, 2.45) is 0 Å². The van der Waals surface area contributed by atoms with E-state index in [0.29, 0.717) is 10.8 Å². The second-order valence-corrected chi connectivity index (χ2v) is 9.59. The summed E-state index contributed by atoms with van der Waals surface area (Å²) in [5.74, 6) is 0.0124. The number of rotatable bonds is 7. The molecule has 3 heterocycles. The molecule has 194 valence electrons. The fourth-order valence-corrected chi connectivity index (χ4v) is 5.41. The van der Waals surface area contributed by atoms with Crippen LogP contribution in [0.15, 0.2) is 79.0 Å². The fraction of sp³-hybridized carbons (Fsp3) is 0.207. The molecule has 1 amide bonds. The Kier molecular flexibility index (Phi) is 7.13. The number of hydrogen-bond acceptors (Lipinski definition) is 5. The molecule has 0 aliphatic carbocycles. The fourth-order valence-electron chi connectivity index (χ4n) is 5.07. The monoisotopic (exact) mass is 527 g/mol. The van der Waals surface area contributed by atoms with E-state index in [4.69, 9.17) is 17.0 Å². The molecule has 1 aliphatic rings. The van der Waals surface area contributed by atoms with Gasteiger partial charge in [-0.15, -0.1) is 0 Å². The lowest BCUT2D eigenvalue weighted by Gasteiger charge is -2.28. The van der Waals surface area contributed by atoms with E-state index in [0.717, 1.165) is 34.0 Å². The van der Waals surface area contributed by atoms with E-state index in [1.807, 2.05) is 54.6 Å². The SMILES string of the molecule is COCC(=O)Nc1ccc(N2C(=S)N[C@H](c3ccccn3)[C@@H]2c2cc(C)n(-c3ccc(O)cc3)c2C)cc1. The molecule has 0 saturated carbocycles. The highest BCUT2D eigenvalue weighted by Crippen LogP contribution is 2.44. The van der Waals surface area contributed by atoms with Crippen LogP contribution in [0.25, 0.3) is 5.69 Å². The number of carbonyl (C=O) groups excluding carboxylic acids is 1. The summed E-state index contributed by atoms with van der Waals surface area (Å²) in [4.78, 5) is 18.7. The van der Waals surface area contributed by atoms with E-state index >= 15 is 0 Å². The molecule has 5 rings (SSSR count). The summed E-state index contributed by atoms with van der Waals surface area (Å²) >= 11 is 5.87. The van der Waals surface area contributed by atoms with Gasteiger partial charge in [0, 0.05) is 41.8 Å². The van der Waals surface area contributed by atoms with E-state index in [1.54, 1.807) is 18.3 Å². The molecule has 2 atom stereocenters. The molecule has 0 spiro atoms.